The molecule has 0 spiro atoms. The lowest BCUT2D eigenvalue weighted by Crippen LogP contribution is -2.20. The van der Waals surface area contributed by atoms with Crippen molar-refractivity contribution in [2.24, 2.45) is 0 Å². The Kier molecular flexibility index (Phi) is 3.24. The quantitative estimate of drug-likeness (QED) is 0.746. The van der Waals surface area contributed by atoms with E-state index in [0.29, 0.717) is 11.5 Å². The molecular weight excluding hydrogens is 252 g/mol. The highest BCUT2D eigenvalue weighted by atomic mass is 16.2. The lowest BCUT2D eigenvalue weighted by atomic mass is 10.2. The first kappa shape index (κ1) is 12.1. The number of hydrogen-bond donors (Lipinski definition) is 2. The fraction of sp³-hybridized carbons (Fsp3) is 0. The number of benzene rings is 1. The predicted octanol–water partition coefficient (Wildman–Crippen LogP) is 3.27. The molecule has 98 valence electrons. The largest absolute Gasteiger partial charge is 0.324 e. The van der Waals surface area contributed by atoms with Crippen molar-refractivity contribution in [2.75, 3.05) is 10.6 Å². The highest BCUT2D eigenvalue weighted by molar-refractivity contribution is 6.04. The van der Waals surface area contributed by atoms with Gasteiger partial charge in [-0.25, -0.2) is 9.78 Å². The van der Waals surface area contributed by atoms with Crippen LogP contribution in [-0.2, 0) is 0 Å². The molecule has 0 atom stereocenters. The van der Waals surface area contributed by atoms with Crippen LogP contribution in [0.15, 0.2) is 60.9 Å². The van der Waals surface area contributed by atoms with Crippen LogP contribution in [-0.4, -0.2) is 16.0 Å². The van der Waals surface area contributed by atoms with Crippen molar-refractivity contribution in [2.45, 2.75) is 0 Å². The number of carbonyl (C=O) groups excluding carboxylic acids is 1. The highest BCUT2D eigenvalue weighted by Gasteiger charge is 2.06. The van der Waals surface area contributed by atoms with Crippen molar-refractivity contribution in [1.82, 2.24) is 9.97 Å². The van der Waals surface area contributed by atoms with Crippen molar-refractivity contribution < 1.29 is 4.79 Å². The lowest BCUT2D eigenvalue weighted by molar-refractivity contribution is 0.262. The lowest BCUT2D eigenvalue weighted by Gasteiger charge is -2.09. The van der Waals surface area contributed by atoms with Gasteiger partial charge in [-0.3, -0.25) is 10.3 Å². The van der Waals surface area contributed by atoms with E-state index in [9.17, 15) is 4.79 Å². The van der Waals surface area contributed by atoms with E-state index in [-0.39, 0.29) is 6.03 Å². The number of rotatable bonds is 2. The van der Waals surface area contributed by atoms with Crippen LogP contribution in [0, 0.1) is 0 Å². The Morgan fingerprint density at radius 1 is 0.850 bits per heavy atom. The first-order chi connectivity index (χ1) is 9.83. The minimum absolute atomic E-state index is 0.333. The number of pyridine rings is 2. The molecule has 0 saturated heterocycles. The van der Waals surface area contributed by atoms with Crippen molar-refractivity contribution in [1.29, 1.82) is 0 Å². The van der Waals surface area contributed by atoms with Crippen LogP contribution >= 0.6 is 0 Å². The summed E-state index contributed by atoms with van der Waals surface area (Å²) in [5.74, 6) is 0.503. The summed E-state index contributed by atoms with van der Waals surface area (Å²) in [6.07, 6.45) is 3.29. The first-order valence-electron chi connectivity index (χ1n) is 6.16. The van der Waals surface area contributed by atoms with Gasteiger partial charge in [-0.2, -0.15) is 0 Å². The highest BCUT2D eigenvalue weighted by Crippen LogP contribution is 2.20. The number of nitrogens with one attached hydrogen (secondary N) is 2. The molecule has 2 amide bonds. The van der Waals surface area contributed by atoms with Gasteiger partial charge in [-0.15, -0.1) is 0 Å². The van der Waals surface area contributed by atoms with Crippen LogP contribution in [0.1, 0.15) is 0 Å². The van der Waals surface area contributed by atoms with Gasteiger partial charge in [-0.05, 0) is 24.3 Å². The number of hydrogen-bond acceptors (Lipinski definition) is 3. The van der Waals surface area contributed by atoms with Gasteiger partial charge in [0.05, 0.1) is 11.2 Å². The predicted molar refractivity (Wildman–Crippen MR) is 78.6 cm³/mol. The summed E-state index contributed by atoms with van der Waals surface area (Å²) in [6.45, 7) is 0. The van der Waals surface area contributed by atoms with Crippen LogP contribution in [0.3, 0.4) is 0 Å². The second-order valence-corrected chi connectivity index (χ2v) is 4.17. The second kappa shape index (κ2) is 5.36. The average molecular weight is 264 g/mol. The third-order valence-corrected chi connectivity index (χ3v) is 2.80. The van der Waals surface area contributed by atoms with E-state index in [1.54, 1.807) is 30.6 Å². The third-order valence-electron chi connectivity index (χ3n) is 2.80. The number of nitrogens with zero attached hydrogens (tertiary/aromatic N) is 2. The minimum Gasteiger partial charge on any atom is -0.307 e. The van der Waals surface area contributed by atoms with Gasteiger partial charge in [0.15, 0.2) is 0 Å². The Labute approximate surface area is 115 Å². The maximum absolute atomic E-state index is 11.9. The summed E-state index contributed by atoms with van der Waals surface area (Å²) in [7, 11) is 0. The first-order valence-corrected chi connectivity index (χ1v) is 6.16. The normalized spacial score (nSPS) is 10.2. The molecular formula is C15H12N4O. The molecule has 0 bridgehead atoms. The maximum Gasteiger partial charge on any atom is 0.324 e. The minimum atomic E-state index is -0.333. The summed E-state index contributed by atoms with van der Waals surface area (Å²) in [5.41, 5.74) is 1.55. The molecule has 0 radical (unpaired) electrons. The molecule has 0 fully saturated rings. The molecule has 0 unspecified atom stereocenters. The number of anilines is 2. The van der Waals surface area contributed by atoms with E-state index >= 15 is 0 Å². The number of fused-ring (bicyclic) bond motifs is 1. The molecule has 5 nitrogen and oxygen atoms in total. The van der Waals surface area contributed by atoms with Crippen LogP contribution in [0.2, 0.25) is 0 Å². The monoisotopic (exact) mass is 264 g/mol. The van der Waals surface area contributed by atoms with Crippen molar-refractivity contribution in [3.8, 4) is 0 Å². The molecule has 2 aromatic heterocycles. The molecule has 0 saturated carbocycles. The number of urea groups is 1. The van der Waals surface area contributed by atoms with E-state index in [1.165, 1.54) is 0 Å². The molecule has 0 aliphatic heterocycles. The number of para-hydroxylation sites is 1. The fourth-order valence-electron chi connectivity index (χ4n) is 1.91. The Morgan fingerprint density at radius 3 is 2.55 bits per heavy atom. The second-order valence-electron chi connectivity index (χ2n) is 4.17. The Balaban J connectivity index is 1.81. The van der Waals surface area contributed by atoms with Gasteiger partial charge in [-0.1, -0.05) is 24.3 Å². The van der Waals surface area contributed by atoms with Gasteiger partial charge >= 0.3 is 6.03 Å². The molecule has 3 rings (SSSR count). The topological polar surface area (TPSA) is 66.9 Å². The molecule has 3 aromatic rings. The maximum atomic E-state index is 11.9. The van der Waals surface area contributed by atoms with Crippen molar-refractivity contribution in [3.63, 3.8) is 0 Å². The molecule has 20 heavy (non-hydrogen) atoms. The van der Waals surface area contributed by atoms with E-state index < -0.39 is 0 Å². The van der Waals surface area contributed by atoms with Gasteiger partial charge in [0, 0.05) is 17.8 Å². The third kappa shape index (κ3) is 2.56. The zero-order valence-electron chi connectivity index (χ0n) is 10.6. The zero-order valence-corrected chi connectivity index (χ0v) is 10.6. The molecule has 0 aliphatic carbocycles. The van der Waals surface area contributed by atoms with Crippen LogP contribution in [0.4, 0.5) is 16.3 Å². The van der Waals surface area contributed by atoms with Gasteiger partial charge in [0.25, 0.3) is 0 Å². The number of carbonyl (C=O) groups is 1. The summed E-state index contributed by atoms with van der Waals surface area (Å²) < 4.78 is 0. The Bertz CT molecular complexity index is 738. The standard InChI is InChI=1S/C15H12N4O/c20-15(19-14-7-3-4-9-17-14)18-13-8-10-16-12-6-2-1-5-11(12)13/h1-10H,(H2,16,17,18,19,20). The van der Waals surface area contributed by atoms with Gasteiger partial charge in [0.2, 0.25) is 0 Å². The van der Waals surface area contributed by atoms with Crippen LogP contribution in [0.25, 0.3) is 10.9 Å². The Morgan fingerprint density at radius 2 is 1.70 bits per heavy atom. The van der Waals surface area contributed by atoms with Gasteiger partial charge in [0.1, 0.15) is 5.82 Å². The SMILES string of the molecule is O=C(Nc1ccccn1)Nc1ccnc2ccccc12. The fourth-order valence-corrected chi connectivity index (χ4v) is 1.91. The number of amides is 2. The molecule has 5 heteroatoms. The summed E-state index contributed by atoms with van der Waals surface area (Å²) >= 11 is 0. The smallest absolute Gasteiger partial charge is 0.307 e. The van der Waals surface area contributed by atoms with Gasteiger partial charge < -0.3 is 5.32 Å². The van der Waals surface area contributed by atoms with Crippen LogP contribution < -0.4 is 10.6 Å². The molecule has 2 N–H and O–H groups in total. The Hall–Kier alpha value is -2.95. The summed E-state index contributed by atoms with van der Waals surface area (Å²) in [6, 6.07) is 14.4. The molecule has 2 heterocycles. The summed E-state index contributed by atoms with van der Waals surface area (Å²) in [4.78, 5) is 20.2. The van der Waals surface area contributed by atoms with Crippen molar-refractivity contribution in [3.05, 3.63) is 60.9 Å². The molecule has 1 aromatic carbocycles. The van der Waals surface area contributed by atoms with E-state index in [4.69, 9.17) is 0 Å². The zero-order chi connectivity index (χ0) is 13.8. The van der Waals surface area contributed by atoms with E-state index in [0.717, 1.165) is 10.9 Å². The van der Waals surface area contributed by atoms with Crippen molar-refractivity contribution >= 4 is 28.4 Å². The van der Waals surface area contributed by atoms with E-state index in [2.05, 4.69) is 20.6 Å². The average Bonchev–Trinajstić information content (AvgIpc) is 2.48. The van der Waals surface area contributed by atoms with E-state index in [1.807, 2.05) is 30.3 Å². The number of aromatic nitrogens is 2. The summed E-state index contributed by atoms with van der Waals surface area (Å²) in [5, 5.41) is 6.37. The molecule has 0 aliphatic rings. The van der Waals surface area contributed by atoms with Crippen LogP contribution in [0.5, 0.6) is 0 Å².